The second-order valence-corrected chi connectivity index (χ2v) is 5.27. The molecule has 0 amide bonds. The Labute approximate surface area is 119 Å². The Balaban J connectivity index is 1.87. The average Bonchev–Trinajstić information content (AvgIpc) is 2.64. The maximum absolute atomic E-state index is 6.07. The molecule has 0 radical (unpaired) electrons. The molecular formula is C16H22N2O2. The SMILES string of the molecule is CNCc1c(CN2CCCOCC2)oc2ccccc12. The molecule has 2 aromatic rings. The van der Waals surface area contributed by atoms with Gasteiger partial charge in [0.15, 0.2) is 0 Å². The number of benzene rings is 1. The van der Waals surface area contributed by atoms with Crippen molar-refractivity contribution in [1.29, 1.82) is 0 Å². The van der Waals surface area contributed by atoms with E-state index in [0.717, 1.165) is 57.2 Å². The van der Waals surface area contributed by atoms with E-state index >= 15 is 0 Å². The Bertz CT molecular complexity index is 557. The van der Waals surface area contributed by atoms with Gasteiger partial charge in [0.1, 0.15) is 11.3 Å². The number of rotatable bonds is 4. The minimum Gasteiger partial charge on any atom is -0.459 e. The Morgan fingerprint density at radius 3 is 3.00 bits per heavy atom. The van der Waals surface area contributed by atoms with Gasteiger partial charge in [-0.05, 0) is 19.5 Å². The van der Waals surface area contributed by atoms with Crippen molar-refractivity contribution in [3.8, 4) is 0 Å². The molecule has 1 saturated heterocycles. The highest BCUT2D eigenvalue weighted by Gasteiger charge is 2.17. The van der Waals surface area contributed by atoms with E-state index in [4.69, 9.17) is 9.15 Å². The average molecular weight is 274 g/mol. The molecule has 1 aliphatic heterocycles. The van der Waals surface area contributed by atoms with Gasteiger partial charge in [0.2, 0.25) is 0 Å². The molecule has 1 fully saturated rings. The van der Waals surface area contributed by atoms with Crippen LogP contribution in [0.5, 0.6) is 0 Å². The van der Waals surface area contributed by atoms with Crippen LogP contribution in [0.1, 0.15) is 17.7 Å². The van der Waals surface area contributed by atoms with Gasteiger partial charge < -0.3 is 14.5 Å². The molecule has 2 heterocycles. The molecule has 1 aromatic carbocycles. The summed E-state index contributed by atoms with van der Waals surface area (Å²) < 4.78 is 11.6. The smallest absolute Gasteiger partial charge is 0.134 e. The summed E-state index contributed by atoms with van der Waals surface area (Å²) in [6.45, 7) is 5.47. The summed E-state index contributed by atoms with van der Waals surface area (Å²) in [5.41, 5.74) is 2.27. The molecule has 0 spiro atoms. The van der Waals surface area contributed by atoms with Gasteiger partial charge in [0.25, 0.3) is 0 Å². The number of ether oxygens (including phenoxy) is 1. The van der Waals surface area contributed by atoms with Crippen LogP contribution in [0.25, 0.3) is 11.0 Å². The molecule has 1 aliphatic rings. The summed E-state index contributed by atoms with van der Waals surface area (Å²) in [4.78, 5) is 2.42. The fraction of sp³-hybridized carbons (Fsp3) is 0.500. The quantitative estimate of drug-likeness (QED) is 0.929. The van der Waals surface area contributed by atoms with Gasteiger partial charge in [-0.1, -0.05) is 18.2 Å². The van der Waals surface area contributed by atoms with Crippen molar-refractivity contribution in [3.05, 3.63) is 35.6 Å². The highest BCUT2D eigenvalue weighted by atomic mass is 16.5. The third-order valence-electron chi connectivity index (χ3n) is 3.82. The molecule has 4 heteroatoms. The van der Waals surface area contributed by atoms with Crippen molar-refractivity contribution < 1.29 is 9.15 Å². The van der Waals surface area contributed by atoms with Gasteiger partial charge in [-0.2, -0.15) is 0 Å². The lowest BCUT2D eigenvalue weighted by Crippen LogP contribution is -2.26. The van der Waals surface area contributed by atoms with Crippen LogP contribution < -0.4 is 5.32 Å². The lowest BCUT2D eigenvalue weighted by molar-refractivity contribution is 0.139. The van der Waals surface area contributed by atoms with Crippen LogP contribution in [0, 0.1) is 0 Å². The van der Waals surface area contributed by atoms with Crippen molar-refractivity contribution in [2.24, 2.45) is 0 Å². The van der Waals surface area contributed by atoms with Crippen LogP contribution in [0.3, 0.4) is 0 Å². The van der Waals surface area contributed by atoms with E-state index in [1.165, 1.54) is 10.9 Å². The molecule has 3 rings (SSSR count). The predicted molar refractivity (Wildman–Crippen MR) is 79.7 cm³/mol. The number of hydrogen-bond donors (Lipinski definition) is 1. The van der Waals surface area contributed by atoms with Gasteiger partial charge >= 0.3 is 0 Å². The molecule has 1 N–H and O–H groups in total. The second kappa shape index (κ2) is 6.39. The molecule has 0 aliphatic carbocycles. The molecule has 0 saturated carbocycles. The number of fused-ring (bicyclic) bond motifs is 1. The first-order chi connectivity index (χ1) is 9.88. The predicted octanol–water partition coefficient (Wildman–Crippen LogP) is 2.37. The maximum atomic E-state index is 6.07. The molecule has 20 heavy (non-hydrogen) atoms. The Morgan fingerprint density at radius 2 is 2.10 bits per heavy atom. The number of nitrogens with zero attached hydrogens (tertiary/aromatic N) is 1. The van der Waals surface area contributed by atoms with E-state index in [1.807, 2.05) is 19.2 Å². The number of nitrogens with one attached hydrogen (secondary N) is 1. The van der Waals surface area contributed by atoms with Crippen LogP contribution in [0.15, 0.2) is 28.7 Å². The molecular weight excluding hydrogens is 252 g/mol. The van der Waals surface area contributed by atoms with Gasteiger partial charge in [-0.3, -0.25) is 4.90 Å². The zero-order valence-electron chi connectivity index (χ0n) is 12.0. The third-order valence-corrected chi connectivity index (χ3v) is 3.82. The maximum Gasteiger partial charge on any atom is 0.134 e. The lowest BCUT2D eigenvalue weighted by Gasteiger charge is -2.18. The largest absolute Gasteiger partial charge is 0.459 e. The summed E-state index contributed by atoms with van der Waals surface area (Å²) in [6.07, 6.45) is 1.10. The first kappa shape index (κ1) is 13.6. The van der Waals surface area contributed by atoms with E-state index in [-0.39, 0.29) is 0 Å². The van der Waals surface area contributed by atoms with E-state index in [0.29, 0.717) is 0 Å². The lowest BCUT2D eigenvalue weighted by atomic mass is 10.1. The zero-order valence-corrected chi connectivity index (χ0v) is 12.0. The van der Waals surface area contributed by atoms with Crippen LogP contribution in [0.2, 0.25) is 0 Å². The van der Waals surface area contributed by atoms with Crippen LogP contribution in [-0.4, -0.2) is 38.3 Å². The summed E-state index contributed by atoms with van der Waals surface area (Å²) in [7, 11) is 1.98. The monoisotopic (exact) mass is 274 g/mol. The second-order valence-electron chi connectivity index (χ2n) is 5.27. The topological polar surface area (TPSA) is 37.6 Å². The van der Waals surface area contributed by atoms with Crippen LogP contribution >= 0.6 is 0 Å². The summed E-state index contributed by atoms with van der Waals surface area (Å²) in [5.74, 6) is 1.09. The van der Waals surface area contributed by atoms with Crippen molar-refractivity contribution in [3.63, 3.8) is 0 Å². The van der Waals surface area contributed by atoms with Gasteiger partial charge in [-0.15, -0.1) is 0 Å². The molecule has 0 atom stereocenters. The fourth-order valence-corrected chi connectivity index (χ4v) is 2.81. The van der Waals surface area contributed by atoms with Crippen LogP contribution in [0.4, 0.5) is 0 Å². The molecule has 0 unspecified atom stereocenters. The third kappa shape index (κ3) is 2.87. The zero-order chi connectivity index (χ0) is 13.8. The van der Waals surface area contributed by atoms with Crippen LogP contribution in [-0.2, 0) is 17.8 Å². The minimum atomic E-state index is 0.821. The molecule has 0 bridgehead atoms. The van der Waals surface area contributed by atoms with Crippen molar-refractivity contribution >= 4 is 11.0 Å². The first-order valence-corrected chi connectivity index (χ1v) is 7.32. The number of para-hydroxylation sites is 1. The van der Waals surface area contributed by atoms with Gasteiger partial charge in [0, 0.05) is 37.2 Å². The molecule has 4 nitrogen and oxygen atoms in total. The Morgan fingerprint density at radius 1 is 1.20 bits per heavy atom. The van der Waals surface area contributed by atoms with E-state index in [9.17, 15) is 0 Å². The van der Waals surface area contributed by atoms with Crippen molar-refractivity contribution in [2.45, 2.75) is 19.5 Å². The number of hydrogen-bond acceptors (Lipinski definition) is 4. The van der Waals surface area contributed by atoms with Crippen molar-refractivity contribution in [1.82, 2.24) is 10.2 Å². The first-order valence-electron chi connectivity index (χ1n) is 7.32. The Kier molecular flexibility index (Phi) is 4.35. The van der Waals surface area contributed by atoms with Gasteiger partial charge in [0.05, 0.1) is 13.2 Å². The standard InChI is InChI=1S/C16H22N2O2/c1-17-11-14-13-5-2-3-6-15(13)20-16(14)12-18-7-4-9-19-10-8-18/h2-3,5-6,17H,4,7-12H2,1H3. The normalized spacial score (nSPS) is 17.4. The summed E-state index contributed by atoms with van der Waals surface area (Å²) in [6, 6.07) is 8.28. The summed E-state index contributed by atoms with van der Waals surface area (Å²) in [5, 5.41) is 4.47. The van der Waals surface area contributed by atoms with E-state index in [2.05, 4.69) is 22.3 Å². The highest BCUT2D eigenvalue weighted by Crippen LogP contribution is 2.27. The Hall–Kier alpha value is -1.36. The fourth-order valence-electron chi connectivity index (χ4n) is 2.81. The van der Waals surface area contributed by atoms with E-state index in [1.54, 1.807) is 0 Å². The molecule has 108 valence electrons. The number of furan rings is 1. The highest BCUT2D eigenvalue weighted by molar-refractivity contribution is 5.82. The summed E-state index contributed by atoms with van der Waals surface area (Å²) >= 11 is 0. The minimum absolute atomic E-state index is 0.821. The van der Waals surface area contributed by atoms with Crippen molar-refractivity contribution in [2.75, 3.05) is 33.4 Å². The van der Waals surface area contributed by atoms with E-state index < -0.39 is 0 Å². The van der Waals surface area contributed by atoms with Gasteiger partial charge in [-0.25, -0.2) is 0 Å². The molecule has 1 aromatic heterocycles.